The summed E-state index contributed by atoms with van der Waals surface area (Å²) in [5, 5.41) is 0. The van der Waals surface area contributed by atoms with Gasteiger partial charge in [0.05, 0.1) is 0 Å². The zero-order valence-electron chi connectivity index (χ0n) is 6.45. The molecule has 1 aromatic rings. The van der Waals surface area contributed by atoms with Gasteiger partial charge < -0.3 is 0 Å². The van der Waals surface area contributed by atoms with Crippen LogP contribution in [0.4, 0.5) is 0 Å². The van der Waals surface area contributed by atoms with Crippen LogP contribution in [-0.2, 0) is 11.2 Å². The molecule has 0 amide bonds. The lowest BCUT2D eigenvalue weighted by atomic mass is 10.2. The molecule has 0 saturated carbocycles. The Morgan fingerprint density at radius 2 is 2.00 bits per heavy atom. The van der Waals surface area contributed by atoms with Crippen LogP contribution in [0.1, 0.15) is 5.56 Å². The summed E-state index contributed by atoms with van der Waals surface area (Å²) in [6.07, 6.45) is 1.97. The van der Waals surface area contributed by atoms with Crippen LogP contribution < -0.4 is 0 Å². The van der Waals surface area contributed by atoms with E-state index in [9.17, 15) is 4.79 Å². The minimum atomic E-state index is 0.617. The molecule has 0 unspecified atom stereocenters. The molecule has 1 rings (SSSR count). The molecule has 0 aliphatic heterocycles. The lowest BCUT2D eigenvalue weighted by molar-refractivity contribution is 0.565. The Morgan fingerprint density at radius 1 is 1.25 bits per heavy atom. The van der Waals surface area contributed by atoms with Crippen molar-refractivity contribution in [2.24, 2.45) is 4.99 Å². The maximum Gasteiger partial charge on any atom is 0.249 e. The molecule has 0 fully saturated rings. The van der Waals surface area contributed by atoms with E-state index in [0.717, 1.165) is 5.56 Å². The van der Waals surface area contributed by atoms with E-state index in [1.165, 1.54) is 6.08 Å². The van der Waals surface area contributed by atoms with Crippen LogP contribution in [0.15, 0.2) is 35.3 Å². The molecular formula is C10H7NO. The molecule has 2 heteroatoms. The fourth-order valence-corrected chi connectivity index (χ4v) is 0.800. The average Bonchev–Trinajstić information content (AvgIpc) is 2.14. The van der Waals surface area contributed by atoms with Gasteiger partial charge in [0.25, 0.3) is 0 Å². The van der Waals surface area contributed by atoms with Gasteiger partial charge in [-0.2, -0.15) is 0 Å². The summed E-state index contributed by atoms with van der Waals surface area (Å²) < 4.78 is 0. The molecule has 0 spiro atoms. The Bertz CT molecular complexity index is 339. The second-order valence-electron chi connectivity index (χ2n) is 2.15. The molecule has 0 bridgehead atoms. The van der Waals surface area contributed by atoms with Gasteiger partial charge in [-0.1, -0.05) is 36.3 Å². The highest BCUT2D eigenvalue weighted by Gasteiger charge is 1.83. The standard InChI is InChI=1S/C10H7NO/c12-9-11-8-4-7-10-5-2-1-3-6-10/h1-3,5-6H,7H2. The van der Waals surface area contributed by atoms with Gasteiger partial charge in [0.2, 0.25) is 6.08 Å². The Morgan fingerprint density at radius 3 is 2.67 bits per heavy atom. The predicted octanol–water partition coefficient (Wildman–Crippen LogP) is 1.53. The number of rotatable bonds is 1. The van der Waals surface area contributed by atoms with Gasteiger partial charge in [0.15, 0.2) is 0 Å². The Balaban J connectivity index is 2.56. The second kappa shape index (κ2) is 4.90. The van der Waals surface area contributed by atoms with Crippen molar-refractivity contribution in [2.45, 2.75) is 6.42 Å². The number of aliphatic imine (C=N–C) groups is 1. The molecule has 1 aromatic carbocycles. The molecule has 0 atom stereocenters. The first-order valence-corrected chi connectivity index (χ1v) is 3.52. The first-order chi connectivity index (χ1) is 5.93. The van der Waals surface area contributed by atoms with E-state index < -0.39 is 0 Å². The van der Waals surface area contributed by atoms with Gasteiger partial charge in [-0.3, -0.25) is 0 Å². The van der Waals surface area contributed by atoms with Gasteiger partial charge in [-0.25, -0.2) is 4.79 Å². The summed E-state index contributed by atoms with van der Waals surface area (Å²) in [4.78, 5) is 12.7. The summed E-state index contributed by atoms with van der Waals surface area (Å²) >= 11 is 0. The summed E-state index contributed by atoms with van der Waals surface area (Å²) in [6.45, 7) is 0. The van der Waals surface area contributed by atoms with E-state index in [4.69, 9.17) is 0 Å². The van der Waals surface area contributed by atoms with Crippen LogP contribution in [-0.4, -0.2) is 6.08 Å². The zero-order valence-corrected chi connectivity index (χ0v) is 6.45. The molecule has 0 aliphatic carbocycles. The number of hydrogen-bond acceptors (Lipinski definition) is 2. The zero-order chi connectivity index (χ0) is 8.65. The van der Waals surface area contributed by atoms with Crippen molar-refractivity contribution in [3.63, 3.8) is 0 Å². The minimum absolute atomic E-state index is 0.617. The summed E-state index contributed by atoms with van der Waals surface area (Å²) in [5.74, 6) is 2.72. The van der Waals surface area contributed by atoms with Crippen molar-refractivity contribution in [1.29, 1.82) is 0 Å². The maximum absolute atomic E-state index is 9.62. The molecule has 0 N–H and O–H groups in total. The van der Waals surface area contributed by atoms with E-state index in [-0.39, 0.29) is 0 Å². The van der Waals surface area contributed by atoms with Crippen LogP contribution in [0.3, 0.4) is 0 Å². The maximum atomic E-state index is 9.62. The average molecular weight is 157 g/mol. The number of hydrogen-bond donors (Lipinski definition) is 0. The van der Waals surface area contributed by atoms with Crippen molar-refractivity contribution >= 4 is 6.08 Å². The van der Waals surface area contributed by atoms with Crippen LogP contribution in [0.5, 0.6) is 0 Å². The van der Waals surface area contributed by atoms with Crippen molar-refractivity contribution in [3.05, 3.63) is 35.9 Å². The summed E-state index contributed by atoms with van der Waals surface area (Å²) in [5.41, 5.74) is 1.12. The largest absolute Gasteiger partial charge is 0.249 e. The number of nitrogens with zero attached hydrogens (tertiary/aromatic N) is 1. The Labute approximate surface area is 70.9 Å². The van der Waals surface area contributed by atoms with Gasteiger partial charge in [-0.05, 0) is 5.56 Å². The van der Waals surface area contributed by atoms with E-state index >= 15 is 0 Å². The fourth-order valence-electron chi connectivity index (χ4n) is 0.800. The normalized spacial score (nSPS) is 7.67. The number of isocyanates is 1. The van der Waals surface area contributed by atoms with Gasteiger partial charge in [0, 0.05) is 12.5 Å². The van der Waals surface area contributed by atoms with Crippen molar-refractivity contribution in [2.75, 3.05) is 0 Å². The molecule has 0 aromatic heterocycles. The first kappa shape index (κ1) is 8.26. The number of carbonyl (C=O) groups excluding carboxylic acids is 1. The minimum Gasteiger partial charge on any atom is -0.210 e. The summed E-state index contributed by atoms with van der Waals surface area (Å²) in [6, 6.07) is 12.1. The molecule has 2 nitrogen and oxygen atoms in total. The lowest BCUT2D eigenvalue weighted by Crippen LogP contribution is -1.77. The van der Waals surface area contributed by atoms with Gasteiger partial charge in [-0.15, -0.1) is 4.99 Å². The van der Waals surface area contributed by atoms with E-state index in [1.807, 2.05) is 30.3 Å². The topological polar surface area (TPSA) is 29.4 Å². The molecule has 0 heterocycles. The third kappa shape index (κ3) is 2.83. The molecule has 0 radical (unpaired) electrons. The molecule has 58 valence electrons. The highest BCUT2D eigenvalue weighted by molar-refractivity contribution is 5.36. The third-order valence-corrected chi connectivity index (χ3v) is 1.32. The van der Waals surface area contributed by atoms with E-state index in [2.05, 4.69) is 17.0 Å². The highest BCUT2D eigenvalue weighted by atomic mass is 16.1. The van der Waals surface area contributed by atoms with Crippen molar-refractivity contribution < 1.29 is 4.79 Å². The van der Waals surface area contributed by atoms with E-state index in [0.29, 0.717) is 6.42 Å². The monoisotopic (exact) mass is 157 g/mol. The quantitative estimate of drug-likeness (QED) is 0.345. The van der Waals surface area contributed by atoms with Crippen LogP contribution in [0.25, 0.3) is 0 Å². The Hall–Kier alpha value is -1.84. The SMILES string of the molecule is O=C=NC#CCc1ccccc1. The van der Waals surface area contributed by atoms with Crippen molar-refractivity contribution in [3.8, 4) is 12.0 Å². The molecule has 12 heavy (non-hydrogen) atoms. The third-order valence-electron chi connectivity index (χ3n) is 1.32. The number of benzene rings is 1. The molecular weight excluding hydrogens is 150 g/mol. The van der Waals surface area contributed by atoms with Crippen LogP contribution in [0, 0.1) is 12.0 Å². The first-order valence-electron chi connectivity index (χ1n) is 3.52. The lowest BCUT2D eigenvalue weighted by Gasteiger charge is -1.89. The van der Waals surface area contributed by atoms with Crippen LogP contribution >= 0.6 is 0 Å². The summed E-state index contributed by atoms with van der Waals surface area (Å²) in [7, 11) is 0. The Kier molecular flexibility index (Phi) is 3.37. The predicted molar refractivity (Wildman–Crippen MR) is 46.0 cm³/mol. The molecule has 0 aliphatic rings. The van der Waals surface area contributed by atoms with Crippen LogP contribution in [0.2, 0.25) is 0 Å². The van der Waals surface area contributed by atoms with E-state index in [1.54, 1.807) is 0 Å². The van der Waals surface area contributed by atoms with Crippen molar-refractivity contribution in [1.82, 2.24) is 0 Å². The van der Waals surface area contributed by atoms with Gasteiger partial charge >= 0.3 is 0 Å². The smallest absolute Gasteiger partial charge is 0.210 e. The highest BCUT2D eigenvalue weighted by Crippen LogP contribution is 1.97. The fraction of sp³-hybridized carbons (Fsp3) is 0.100. The second-order valence-corrected chi connectivity index (χ2v) is 2.15. The molecule has 0 saturated heterocycles. The van der Waals surface area contributed by atoms with Gasteiger partial charge in [0.1, 0.15) is 0 Å².